The van der Waals surface area contributed by atoms with Crippen LogP contribution in [-0.4, -0.2) is 23.5 Å². The molecule has 0 radical (unpaired) electrons. The first-order chi connectivity index (χ1) is 11.4. The molecule has 0 spiro atoms. The lowest BCUT2D eigenvalue weighted by molar-refractivity contribution is -0.142. The zero-order valence-corrected chi connectivity index (χ0v) is 15.3. The Balaban J connectivity index is 1.87. The summed E-state index contributed by atoms with van der Waals surface area (Å²) in [6, 6.07) is 3.44. The highest BCUT2D eigenvalue weighted by Gasteiger charge is 2.11. The number of hydrogen-bond acceptors (Lipinski definition) is 5. The number of hydrogen-bond donors (Lipinski definition) is 1. The van der Waals surface area contributed by atoms with Gasteiger partial charge in [0.25, 0.3) is 5.91 Å². The number of esters is 1. The molecule has 2 aromatic heterocycles. The van der Waals surface area contributed by atoms with E-state index in [2.05, 4.69) is 10.3 Å². The van der Waals surface area contributed by atoms with Crippen molar-refractivity contribution in [3.8, 4) is 0 Å². The van der Waals surface area contributed by atoms with Crippen LogP contribution in [0.2, 0.25) is 10.0 Å². The summed E-state index contributed by atoms with van der Waals surface area (Å²) in [5, 5.41) is 5.01. The van der Waals surface area contributed by atoms with Crippen molar-refractivity contribution in [1.29, 1.82) is 0 Å². The normalized spacial score (nSPS) is 10.8. The molecule has 0 saturated heterocycles. The number of carbonyl (C=O) groups excluding carboxylic acids is 2. The molecule has 1 amide bonds. The lowest BCUT2D eigenvalue weighted by Gasteiger charge is -2.08. The van der Waals surface area contributed by atoms with E-state index in [1.165, 1.54) is 23.5 Å². The second-order valence-corrected chi connectivity index (χ2v) is 6.61. The summed E-state index contributed by atoms with van der Waals surface area (Å²) in [4.78, 5) is 28.5. The fraction of sp³-hybridized carbons (Fsp3) is 0.188. The van der Waals surface area contributed by atoms with Crippen LogP contribution in [0.5, 0.6) is 0 Å². The van der Waals surface area contributed by atoms with Gasteiger partial charge >= 0.3 is 5.97 Å². The standard InChI is InChI=1S/C16H14Cl2N2O3S/c1-9-5-6-24-13(9)3-4-15(22)23-8-14(21)20-16-12(18)7-11(17)10(2)19-16/h3-7H,8H2,1-2H3,(H,19,20,21)/b4-3+. The lowest BCUT2D eigenvalue weighted by atomic mass is 10.3. The Morgan fingerprint density at radius 2 is 2.08 bits per heavy atom. The third kappa shape index (κ3) is 5.06. The fourth-order valence-electron chi connectivity index (χ4n) is 1.70. The molecule has 0 fully saturated rings. The van der Waals surface area contributed by atoms with E-state index >= 15 is 0 Å². The number of halogens is 2. The molecule has 0 aromatic carbocycles. The Bertz CT molecular complexity index is 803. The Labute approximate surface area is 153 Å². The topological polar surface area (TPSA) is 68.3 Å². The maximum atomic E-state index is 11.8. The minimum absolute atomic E-state index is 0.171. The SMILES string of the molecule is Cc1ccsc1/C=C/C(=O)OCC(=O)Nc1nc(C)c(Cl)cc1Cl. The maximum absolute atomic E-state index is 11.8. The molecule has 5 nitrogen and oxygen atoms in total. The number of rotatable bonds is 5. The van der Waals surface area contributed by atoms with Gasteiger partial charge in [-0.25, -0.2) is 9.78 Å². The number of thiophene rings is 1. The van der Waals surface area contributed by atoms with Crippen molar-refractivity contribution in [2.75, 3.05) is 11.9 Å². The number of aromatic nitrogens is 1. The molecule has 0 aliphatic heterocycles. The minimum atomic E-state index is -0.607. The zero-order valence-electron chi connectivity index (χ0n) is 12.9. The Morgan fingerprint density at radius 3 is 2.75 bits per heavy atom. The second-order valence-electron chi connectivity index (χ2n) is 4.84. The van der Waals surface area contributed by atoms with E-state index in [-0.39, 0.29) is 10.8 Å². The number of ether oxygens (including phenoxy) is 1. The third-order valence-corrected chi connectivity index (χ3v) is 4.64. The van der Waals surface area contributed by atoms with Crippen molar-refractivity contribution in [3.05, 3.63) is 49.8 Å². The molecule has 2 aromatic rings. The number of nitrogens with zero attached hydrogens (tertiary/aromatic N) is 1. The predicted octanol–water partition coefficient (Wildman–Crippen LogP) is 4.26. The Morgan fingerprint density at radius 1 is 1.33 bits per heavy atom. The fourth-order valence-corrected chi connectivity index (χ4v) is 2.92. The van der Waals surface area contributed by atoms with E-state index in [4.69, 9.17) is 27.9 Å². The van der Waals surface area contributed by atoms with Crippen molar-refractivity contribution in [3.63, 3.8) is 0 Å². The zero-order chi connectivity index (χ0) is 17.7. The van der Waals surface area contributed by atoms with E-state index in [1.54, 1.807) is 13.0 Å². The summed E-state index contributed by atoms with van der Waals surface area (Å²) in [5.74, 6) is -0.978. The van der Waals surface area contributed by atoms with Crippen LogP contribution in [0.1, 0.15) is 16.1 Å². The Kier molecular flexibility index (Phi) is 6.36. The van der Waals surface area contributed by atoms with Gasteiger partial charge in [0.1, 0.15) is 0 Å². The number of carbonyl (C=O) groups is 2. The predicted molar refractivity (Wildman–Crippen MR) is 96.7 cm³/mol. The van der Waals surface area contributed by atoms with E-state index < -0.39 is 18.5 Å². The molecule has 0 unspecified atom stereocenters. The molecule has 2 heterocycles. The van der Waals surface area contributed by atoms with E-state index in [0.717, 1.165) is 10.4 Å². The van der Waals surface area contributed by atoms with Crippen LogP contribution in [0.4, 0.5) is 5.82 Å². The molecule has 0 bridgehead atoms. The maximum Gasteiger partial charge on any atom is 0.331 e. The van der Waals surface area contributed by atoms with Gasteiger partial charge in [0.15, 0.2) is 12.4 Å². The molecule has 126 valence electrons. The van der Waals surface area contributed by atoms with Gasteiger partial charge in [0, 0.05) is 11.0 Å². The summed E-state index contributed by atoms with van der Waals surface area (Å²) in [7, 11) is 0. The van der Waals surface area contributed by atoms with Crippen LogP contribution in [0.3, 0.4) is 0 Å². The van der Waals surface area contributed by atoms with Gasteiger partial charge in [0.05, 0.1) is 15.7 Å². The summed E-state index contributed by atoms with van der Waals surface area (Å²) in [6.45, 7) is 3.19. The molecule has 0 saturated carbocycles. The number of pyridine rings is 1. The smallest absolute Gasteiger partial charge is 0.331 e. The molecule has 8 heteroatoms. The first-order valence-corrected chi connectivity index (χ1v) is 8.52. The molecule has 2 rings (SSSR count). The third-order valence-electron chi connectivity index (χ3n) is 2.98. The van der Waals surface area contributed by atoms with Gasteiger partial charge in [-0.3, -0.25) is 4.79 Å². The van der Waals surface area contributed by atoms with Crippen molar-refractivity contribution in [1.82, 2.24) is 4.98 Å². The van der Waals surface area contributed by atoms with Crippen molar-refractivity contribution in [2.45, 2.75) is 13.8 Å². The number of aryl methyl sites for hydroxylation is 2. The van der Waals surface area contributed by atoms with Crippen LogP contribution in [0, 0.1) is 13.8 Å². The van der Waals surface area contributed by atoms with Crippen molar-refractivity contribution >= 4 is 58.3 Å². The first kappa shape index (κ1) is 18.4. The van der Waals surface area contributed by atoms with Gasteiger partial charge in [-0.05, 0) is 43.0 Å². The number of anilines is 1. The summed E-state index contributed by atoms with van der Waals surface area (Å²) in [5.41, 5.74) is 1.60. The minimum Gasteiger partial charge on any atom is -0.452 e. The molecule has 1 N–H and O–H groups in total. The molecule has 0 atom stereocenters. The van der Waals surface area contributed by atoms with Crippen LogP contribution in [-0.2, 0) is 14.3 Å². The van der Waals surface area contributed by atoms with Crippen LogP contribution < -0.4 is 5.32 Å². The highest BCUT2D eigenvalue weighted by Crippen LogP contribution is 2.25. The average Bonchev–Trinajstić information content (AvgIpc) is 2.94. The first-order valence-electron chi connectivity index (χ1n) is 6.88. The molecular formula is C16H14Cl2N2O3S. The van der Waals surface area contributed by atoms with Gasteiger partial charge in [0.2, 0.25) is 0 Å². The number of amides is 1. The van der Waals surface area contributed by atoms with Crippen LogP contribution >= 0.6 is 34.5 Å². The largest absolute Gasteiger partial charge is 0.452 e. The highest BCUT2D eigenvalue weighted by molar-refractivity contribution is 7.11. The quantitative estimate of drug-likeness (QED) is 0.617. The molecule has 24 heavy (non-hydrogen) atoms. The average molecular weight is 385 g/mol. The van der Waals surface area contributed by atoms with Crippen molar-refractivity contribution in [2.24, 2.45) is 0 Å². The summed E-state index contributed by atoms with van der Waals surface area (Å²) >= 11 is 13.3. The second kappa shape index (κ2) is 8.28. The van der Waals surface area contributed by atoms with E-state index in [9.17, 15) is 9.59 Å². The lowest BCUT2D eigenvalue weighted by Crippen LogP contribution is -2.21. The Hall–Kier alpha value is -1.89. The van der Waals surface area contributed by atoms with Crippen LogP contribution in [0.15, 0.2) is 23.6 Å². The van der Waals surface area contributed by atoms with Gasteiger partial charge in [-0.1, -0.05) is 23.2 Å². The molecular weight excluding hydrogens is 371 g/mol. The van der Waals surface area contributed by atoms with Gasteiger partial charge in [-0.15, -0.1) is 11.3 Å². The molecule has 0 aliphatic carbocycles. The molecule has 0 aliphatic rings. The van der Waals surface area contributed by atoms with E-state index in [1.807, 2.05) is 18.4 Å². The van der Waals surface area contributed by atoms with Crippen LogP contribution in [0.25, 0.3) is 6.08 Å². The number of nitrogens with one attached hydrogen (secondary N) is 1. The highest BCUT2D eigenvalue weighted by atomic mass is 35.5. The monoisotopic (exact) mass is 384 g/mol. The summed E-state index contributed by atoms with van der Waals surface area (Å²) < 4.78 is 4.88. The van der Waals surface area contributed by atoms with Crippen molar-refractivity contribution < 1.29 is 14.3 Å². The summed E-state index contributed by atoms with van der Waals surface area (Å²) in [6.07, 6.45) is 2.94. The van der Waals surface area contributed by atoms with Gasteiger partial charge in [-0.2, -0.15) is 0 Å². The van der Waals surface area contributed by atoms with E-state index in [0.29, 0.717) is 10.7 Å². The van der Waals surface area contributed by atoms with Gasteiger partial charge < -0.3 is 10.1 Å².